The largest absolute Gasteiger partial charge is 0.464 e. The van der Waals surface area contributed by atoms with Crippen molar-refractivity contribution in [2.75, 3.05) is 0 Å². The van der Waals surface area contributed by atoms with E-state index >= 15 is 0 Å². The summed E-state index contributed by atoms with van der Waals surface area (Å²) in [6.45, 7) is 4.06. The predicted octanol–water partition coefficient (Wildman–Crippen LogP) is 1.90. The van der Waals surface area contributed by atoms with E-state index in [1.165, 1.54) is 6.07 Å². The average Bonchev–Trinajstić information content (AvgIpc) is 2.74. The molecule has 19 heavy (non-hydrogen) atoms. The standard InChI is InChI=1S/C13H22N2O3S/c1-9-3-5-11(6-4-9)15-19(16,17)13-7-12(8-14)18-10(13)2/h7,9,11,15H,3-6,8,14H2,1-2H3. The molecule has 1 aromatic heterocycles. The van der Waals surface area contributed by atoms with Crippen LogP contribution in [0.2, 0.25) is 0 Å². The number of aryl methyl sites for hydroxylation is 1. The third-order valence-electron chi connectivity index (χ3n) is 3.75. The van der Waals surface area contributed by atoms with Gasteiger partial charge in [0.2, 0.25) is 10.0 Å². The van der Waals surface area contributed by atoms with Gasteiger partial charge >= 0.3 is 0 Å². The van der Waals surface area contributed by atoms with Gasteiger partial charge < -0.3 is 10.2 Å². The second-order valence-corrected chi connectivity index (χ2v) is 7.10. The van der Waals surface area contributed by atoms with Crippen molar-refractivity contribution in [1.29, 1.82) is 0 Å². The number of rotatable bonds is 4. The zero-order valence-electron chi connectivity index (χ0n) is 11.5. The lowest BCUT2D eigenvalue weighted by atomic mass is 9.88. The molecule has 0 spiro atoms. The highest BCUT2D eigenvalue weighted by Crippen LogP contribution is 2.26. The van der Waals surface area contributed by atoms with E-state index < -0.39 is 10.0 Å². The highest BCUT2D eigenvalue weighted by Gasteiger charge is 2.26. The van der Waals surface area contributed by atoms with E-state index in [0.717, 1.165) is 25.7 Å². The highest BCUT2D eigenvalue weighted by atomic mass is 32.2. The number of nitrogens with one attached hydrogen (secondary N) is 1. The molecule has 1 heterocycles. The van der Waals surface area contributed by atoms with Crippen molar-refractivity contribution >= 4 is 10.0 Å². The van der Waals surface area contributed by atoms with Crippen LogP contribution in [0.1, 0.15) is 44.1 Å². The highest BCUT2D eigenvalue weighted by molar-refractivity contribution is 7.89. The molecule has 0 saturated heterocycles. The first kappa shape index (κ1) is 14.6. The Morgan fingerprint density at radius 2 is 2.00 bits per heavy atom. The molecule has 1 aliphatic rings. The Balaban J connectivity index is 2.11. The summed E-state index contributed by atoms with van der Waals surface area (Å²) in [6, 6.07) is 1.56. The molecule has 2 rings (SSSR count). The fraction of sp³-hybridized carbons (Fsp3) is 0.692. The van der Waals surface area contributed by atoms with Crippen LogP contribution in [0.5, 0.6) is 0 Å². The molecular weight excluding hydrogens is 264 g/mol. The molecule has 3 N–H and O–H groups in total. The first-order chi connectivity index (χ1) is 8.92. The molecule has 0 aromatic carbocycles. The minimum Gasteiger partial charge on any atom is -0.464 e. The fourth-order valence-electron chi connectivity index (χ4n) is 2.55. The van der Waals surface area contributed by atoms with Crippen LogP contribution in [0.15, 0.2) is 15.4 Å². The van der Waals surface area contributed by atoms with E-state index in [1.54, 1.807) is 6.92 Å². The molecule has 0 atom stereocenters. The monoisotopic (exact) mass is 286 g/mol. The summed E-state index contributed by atoms with van der Waals surface area (Å²) in [5, 5.41) is 0. The summed E-state index contributed by atoms with van der Waals surface area (Å²) in [5.41, 5.74) is 5.47. The van der Waals surface area contributed by atoms with Crippen LogP contribution in [-0.4, -0.2) is 14.5 Å². The van der Waals surface area contributed by atoms with Gasteiger partial charge in [-0.05, 0) is 38.5 Å². The van der Waals surface area contributed by atoms with Gasteiger partial charge in [0.1, 0.15) is 16.4 Å². The quantitative estimate of drug-likeness (QED) is 0.885. The van der Waals surface area contributed by atoms with Crippen molar-refractivity contribution in [3.63, 3.8) is 0 Å². The lowest BCUT2D eigenvalue weighted by Gasteiger charge is -2.26. The summed E-state index contributed by atoms with van der Waals surface area (Å²) in [7, 11) is -3.50. The van der Waals surface area contributed by atoms with Gasteiger partial charge in [0.15, 0.2) is 0 Å². The maximum absolute atomic E-state index is 12.3. The van der Waals surface area contributed by atoms with Crippen molar-refractivity contribution in [2.45, 2.75) is 57.0 Å². The Morgan fingerprint density at radius 3 is 2.53 bits per heavy atom. The third kappa shape index (κ3) is 3.38. The molecule has 0 aliphatic heterocycles. The molecule has 1 aromatic rings. The van der Waals surface area contributed by atoms with Gasteiger partial charge in [-0.1, -0.05) is 6.92 Å². The smallest absolute Gasteiger partial charge is 0.244 e. The number of sulfonamides is 1. The predicted molar refractivity (Wildman–Crippen MR) is 73.1 cm³/mol. The van der Waals surface area contributed by atoms with Gasteiger partial charge in [-0.15, -0.1) is 0 Å². The Labute approximate surface area is 114 Å². The van der Waals surface area contributed by atoms with Gasteiger partial charge in [-0.2, -0.15) is 0 Å². The lowest BCUT2D eigenvalue weighted by Crippen LogP contribution is -2.37. The molecule has 1 fully saturated rings. The van der Waals surface area contributed by atoms with Gasteiger partial charge in [-0.25, -0.2) is 13.1 Å². The molecular formula is C13H22N2O3S. The molecule has 0 bridgehead atoms. The van der Waals surface area contributed by atoms with Crippen molar-refractivity contribution in [3.8, 4) is 0 Å². The fourth-order valence-corrected chi connectivity index (χ4v) is 4.06. The van der Waals surface area contributed by atoms with E-state index in [9.17, 15) is 8.42 Å². The maximum atomic E-state index is 12.3. The Bertz CT molecular complexity index is 528. The van der Waals surface area contributed by atoms with Crippen LogP contribution in [0, 0.1) is 12.8 Å². The number of nitrogens with two attached hydrogens (primary N) is 1. The zero-order valence-corrected chi connectivity index (χ0v) is 12.3. The summed E-state index contributed by atoms with van der Waals surface area (Å²) in [5.74, 6) is 1.59. The van der Waals surface area contributed by atoms with Crippen LogP contribution in [0.4, 0.5) is 0 Å². The van der Waals surface area contributed by atoms with Crippen LogP contribution in [-0.2, 0) is 16.6 Å². The van der Waals surface area contributed by atoms with Crippen molar-refractivity contribution in [1.82, 2.24) is 4.72 Å². The van der Waals surface area contributed by atoms with E-state index in [1.807, 2.05) is 0 Å². The molecule has 1 saturated carbocycles. The summed E-state index contributed by atoms with van der Waals surface area (Å²) < 4.78 is 32.7. The summed E-state index contributed by atoms with van der Waals surface area (Å²) in [6.07, 6.45) is 3.96. The molecule has 0 radical (unpaired) electrons. The van der Waals surface area contributed by atoms with Crippen LogP contribution in [0.3, 0.4) is 0 Å². The molecule has 0 unspecified atom stereocenters. The topological polar surface area (TPSA) is 85.3 Å². The average molecular weight is 286 g/mol. The van der Waals surface area contributed by atoms with Gasteiger partial charge in [0.25, 0.3) is 0 Å². The first-order valence-corrected chi connectivity index (χ1v) is 8.22. The van der Waals surface area contributed by atoms with E-state index in [2.05, 4.69) is 11.6 Å². The van der Waals surface area contributed by atoms with Crippen LogP contribution < -0.4 is 10.5 Å². The second-order valence-electron chi connectivity index (χ2n) is 5.42. The normalized spacial score (nSPS) is 24.6. The third-order valence-corrected chi connectivity index (χ3v) is 5.38. The summed E-state index contributed by atoms with van der Waals surface area (Å²) >= 11 is 0. The number of hydrogen-bond donors (Lipinski definition) is 2. The molecule has 0 amide bonds. The van der Waals surface area contributed by atoms with Crippen molar-refractivity contribution < 1.29 is 12.8 Å². The molecule has 108 valence electrons. The zero-order chi connectivity index (χ0) is 14.0. The Morgan fingerprint density at radius 1 is 1.37 bits per heavy atom. The first-order valence-electron chi connectivity index (χ1n) is 6.74. The van der Waals surface area contributed by atoms with Crippen molar-refractivity contribution in [3.05, 3.63) is 17.6 Å². The second kappa shape index (κ2) is 5.64. The Kier molecular flexibility index (Phi) is 4.32. The minimum absolute atomic E-state index is 0.0387. The van der Waals surface area contributed by atoms with Crippen LogP contribution >= 0.6 is 0 Å². The van der Waals surface area contributed by atoms with Gasteiger partial charge in [0, 0.05) is 12.1 Å². The van der Waals surface area contributed by atoms with E-state index in [0.29, 0.717) is 17.4 Å². The maximum Gasteiger partial charge on any atom is 0.244 e. The van der Waals surface area contributed by atoms with E-state index in [4.69, 9.17) is 10.2 Å². The van der Waals surface area contributed by atoms with Crippen LogP contribution in [0.25, 0.3) is 0 Å². The number of furan rings is 1. The summed E-state index contributed by atoms with van der Waals surface area (Å²) in [4.78, 5) is 0.214. The molecule has 6 heteroatoms. The van der Waals surface area contributed by atoms with Gasteiger partial charge in [0.05, 0.1) is 6.54 Å². The van der Waals surface area contributed by atoms with Gasteiger partial charge in [-0.3, -0.25) is 0 Å². The Hall–Kier alpha value is -0.850. The molecule has 5 nitrogen and oxygen atoms in total. The molecule has 1 aliphatic carbocycles. The minimum atomic E-state index is -3.50. The number of hydrogen-bond acceptors (Lipinski definition) is 4. The van der Waals surface area contributed by atoms with Crippen molar-refractivity contribution in [2.24, 2.45) is 11.7 Å². The SMILES string of the molecule is Cc1oc(CN)cc1S(=O)(=O)NC1CCC(C)CC1. The lowest BCUT2D eigenvalue weighted by molar-refractivity contribution is 0.332. The van der Waals surface area contributed by atoms with E-state index in [-0.39, 0.29) is 17.5 Å².